The van der Waals surface area contributed by atoms with Crippen molar-refractivity contribution in [2.45, 2.75) is 12.5 Å². The van der Waals surface area contributed by atoms with E-state index in [1.54, 1.807) is 6.07 Å². The molecule has 1 aliphatic heterocycles. The van der Waals surface area contributed by atoms with Crippen LogP contribution in [-0.4, -0.2) is 6.61 Å². The monoisotopic (exact) mass is 252 g/mol. The molecular formula is C10H9BrN2O. The van der Waals surface area contributed by atoms with Crippen LogP contribution >= 0.6 is 15.9 Å². The van der Waals surface area contributed by atoms with Crippen molar-refractivity contribution in [2.24, 2.45) is 5.73 Å². The highest BCUT2D eigenvalue weighted by Crippen LogP contribution is 2.34. The van der Waals surface area contributed by atoms with Gasteiger partial charge in [-0.2, -0.15) is 5.26 Å². The van der Waals surface area contributed by atoms with Gasteiger partial charge in [0.15, 0.2) is 0 Å². The van der Waals surface area contributed by atoms with E-state index in [1.165, 1.54) is 0 Å². The molecule has 0 saturated carbocycles. The molecule has 0 saturated heterocycles. The van der Waals surface area contributed by atoms with Crippen molar-refractivity contribution < 1.29 is 4.74 Å². The first-order valence-corrected chi connectivity index (χ1v) is 5.13. The van der Waals surface area contributed by atoms with Gasteiger partial charge in [0, 0.05) is 22.5 Å². The Morgan fingerprint density at radius 2 is 2.36 bits per heavy atom. The lowest BCUT2D eigenvalue weighted by atomic mass is 10.00. The molecule has 1 atom stereocenters. The Kier molecular flexibility index (Phi) is 2.44. The van der Waals surface area contributed by atoms with E-state index in [0.717, 1.165) is 22.2 Å². The molecule has 3 nitrogen and oxygen atoms in total. The molecule has 14 heavy (non-hydrogen) atoms. The number of fused-ring (bicyclic) bond motifs is 1. The Morgan fingerprint density at radius 1 is 1.57 bits per heavy atom. The predicted octanol–water partition coefficient (Wildman–Crippen LogP) is 2.10. The quantitative estimate of drug-likeness (QED) is 0.770. The summed E-state index contributed by atoms with van der Waals surface area (Å²) in [5.41, 5.74) is 7.48. The highest BCUT2D eigenvalue weighted by atomic mass is 79.9. The third-order valence-electron chi connectivity index (χ3n) is 2.31. The summed E-state index contributed by atoms with van der Waals surface area (Å²) >= 11 is 3.33. The molecule has 0 aliphatic carbocycles. The first kappa shape index (κ1) is 9.50. The topological polar surface area (TPSA) is 59.0 Å². The molecule has 0 fully saturated rings. The van der Waals surface area contributed by atoms with Gasteiger partial charge in [-0.3, -0.25) is 0 Å². The average Bonchev–Trinajstić information content (AvgIpc) is 2.19. The van der Waals surface area contributed by atoms with Gasteiger partial charge in [-0.15, -0.1) is 0 Å². The van der Waals surface area contributed by atoms with Crippen LogP contribution in [0.3, 0.4) is 0 Å². The lowest BCUT2D eigenvalue weighted by Crippen LogP contribution is -2.20. The van der Waals surface area contributed by atoms with E-state index in [-0.39, 0.29) is 6.04 Å². The lowest BCUT2D eigenvalue weighted by molar-refractivity contribution is 0.269. The Bertz CT molecular complexity index is 411. The van der Waals surface area contributed by atoms with Gasteiger partial charge in [0.1, 0.15) is 11.8 Å². The van der Waals surface area contributed by atoms with E-state index in [2.05, 4.69) is 22.0 Å². The minimum atomic E-state index is 0.0165. The first-order valence-electron chi connectivity index (χ1n) is 4.34. The fraction of sp³-hybridized carbons (Fsp3) is 0.300. The van der Waals surface area contributed by atoms with Gasteiger partial charge >= 0.3 is 0 Å². The SMILES string of the molecule is N#Cc1cc2c(cc1Br)C(N)CCO2. The van der Waals surface area contributed by atoms with Crippen LogP contribution in [0.1, 0.15) is 23.6 Å². The second-order valence-corrected chi connectivity index (χ2v) is 4.08. The largest absolute Gasteiger partial charge is 0.493 e. The van der Waals surface area contributed by atoms with Crippen LogP contribution in [0, 0.1) is 11.3 Å². The standard InChI is InChI=1S/C10H9BrN2O/c11-8-4-7-9(13)1-2-14-10(7)3-6(8)5-12/h3-4,9H,1-2,13H2. The molecule has 4 heteroatoms. The number of halogens is 1. The molecular weight excluding hydrogens is 244 g/mol. The molecule has 72 valence electrons. The fourth-order valence-electron chi connectivity index (χ4n) is 1.52. The zero-order valence-corrected chi connectivity index (χ0v) is 9.04. The smallest absolute Gasteiger partial charge is 0.125 e. The zero-order valence-electron chi connectivity index (χ0n) is 7.46. The molecule has 0 amide bonds. The molecule has 1 aromatic rings. The maximum atomic E-state index is 8.82. The maximum absolute atomic E-state index is 8.82. The van der Waals surface area contributed by atoms with E-state index in [0.29, 0.717) is 12.2 Å². The summed E-state index contributed by atoms with van der Waals surface area (Å²) in [6.45, 7) is 0.626. The first-order chi connectivity index (χ1) is 6.72. The summed E-state index contributed by atoms with van der Waals surface area (Å²) in [5.74, 6) is 0.739. The Morgan fingerprint density at radius 3 is 3.07 bits per heavy atom. The number of nitrogens with zero attached hydrogens (tertiary/aromatic N) is 1. The molecule has 0 radical (unpaired) electrons. The normalized spacial score (nSPS) is 19.4. The van der Waals surface area contributed by atoms with Gasteiger partial charge in [0.25, 0.3) is 0 Å². The summed E-state index contributed by atoms with van der Waals surface area (Å²) in [6, 6.07) is 5.72. The van der Waals surface area contributed by atoms with Gasteiger partial charge < -0.3 is 10.5 Å². The maximum Gasteiger partial charge on any atom is 0.125 e. The average molecular weight is 253 g/mol. The van der Waals surface area contributed by atoms with Crippen LogP contribution in [0.25, 0.3) is 0 Å². The van der Waals surface area contributed by atoms with Crippen LogP contribution in [0.2, 0.25) is 0 Å². The Labute approximate surface area is 90.6 Å². The highest BCUT2D eigenvalue weighted by molar-refractivity contribution is 9.10. The van der Waals surface area contributed by atoms with Crippen LogP contribution in [0.5, 0.6) is 5.75 Å². The number of ether oxygens (including phenoxy) is 1. The number of rotatable bonds is 0. The molecule has 1 unspecified atom stereocenters. The van der Waals surface area contributed by atoms with Gasteiger partial charge in [-0.25, -0.2) is 0 Å². The number of nitrogens with two attached hydrogens (primary N) is 1. The summed E-state index contributed by atoms with van der Waals surface area (Å²) in [5, 5.41) is 8.82. The second-order valence-electron chi connectivity index (χ2n) is 3.23. The number of nitriles is 1. The van der Waals surface area contributed by atoms with Crippen LogP contribution in [0.4, 0.5) is 0 Å². The van der Waals surface area contributed by atoms with E-state index in [9.17, 15) is 0 Å². The predicted molar refractivity (Wildman–Crippen MR) is 55.9 cm³/mol. The second kappa shape index (κ2) is 3.60. The van der Waals surface area contributed by atoms with Crippen molar-refractivity contribution >= 4 is 15.9 Å². The Hall–Kier alpha value is -1.05. The van der Waals surface area contributed by atoms with E-state index in [4.69, 9.17) is 15.7 Å². The molecule has 1 aliphatic rings. The van der Waals surface area contributed by atoms with Crippen LogP contribution in [0.15, 0.2) is 16.6 Å². The van der Waals surface area contributed by atoms with E-state index < -0.39 is 0 Å². The number of benzene rings is 1. The van der Waals surface area contributed by atoms with Crippen molar-refractivity contribution in [2.75, 3.05) is 6.61 Å². The molecule has 2 rings (SSSR count). The van der Waals surface area contributed by atoms with Gasteiger partial charge in [0.2, 0.25) is 0 Å². The minimum absolute atomic E-state index is 0.0165. The zero-order chi connectivity index (χ0) is 10.1. The van der Waals surface area contributed by atoms with Crippen molar-refractivity contribution in [1.82, 2.24) is 0 Å². The van der Waals surface area contributed by atoms with Crippen molar-refractivity contribution in [1.29, 1.82) is 5.26 Å². The van der Waals surface area contributed by atoms with Crippen LogP contribution < -0.4 is 10.5 Å². The molecule has 2 N–H and O–H groups in total. The lowest BCUT2D eigenvalue weighted by Gasteiger charge is -2.23. The minimum Gasteiger partial charge on any atom is -0.493 e. The van der Waals surface area contributed by atoms with Crippen molar-refractivity contribution in [3.8, 4) is 11.8 Å². The number of hydrogen-bond acceptors (Lipinski definition) is 3. The Balaban J connectivity index is 2.55. The summed E-state index contributed by atoms with van der Waals surface area (Å²) < 4.78 is 6.22. The van der Waals surface area contributed by atoms with E-state index >= 15 is 0 Å². The van der Waals surface area contributed by atoms with Crippen molar-refractivity contribution in [3.05, 3.63) is 27.7 Å². The van der Waals surface area contributed by atoms with Crippen LogP contribution in [-0.2, 0) is 0 Å². The van der Waals surface area contributed by atoms with Gasteiger partial charge in [0.05, 0.1) is 12.2 Å². The molecule has 1 heterocycles. The summed E-state index contributed by atoms with van der Waals surface area (Å²) in [6.07, 6.45) is 0.825. The van der Waals surface area contributed by atoms with Gasteiger partial charge in [-0.05, 0) is 28.1 Å². The highest BCUT2D eigenvalue weighted by Gasteiger charge is 2.19. The molecule has 0 spiro atoms. The van der Waals surface area contributed by atoms with Gasteiger partial charge in [-0.1, -0.05) is 0 Å². The van der Waals surface area contributed by atoms with E-state index in [1.807, 2.05) is 6.07 Å². The molecule has 1 aromatic carbocycles. The fourth-order valence-corrected chi connectivity index (χ4v) is 1.97. The van der Waals surface area contributed by atoms with Crippen molar-refractivity contribution in [3.63, 3.8) is 0 Å². The third kappa shape index (κ3) is 1.49. The molecule has 0 aromatic heterocycles. The summed E-state index contributed by atoms with van der Waals surface area (Å²) in [4.78, 5) is 0. The molecule has 0 bridgehead atoms. The third-order valence-corrected chi connectivity index (χ3v) is 2.96. The number of hydrogen-bond donors (Lipinski definition) is 1. The summed E-state index contributed by atoms with van der Waals surface area (Å²) in [7, 11) is 0.